The van der Waals surface area contributed by atoms with Gasteiger partial charge in [0.25, 0.3) is 0 Å². The molecule has 1 aliphatic rings. The molecular formula is C15H23NO2. The van der Waals surface area contributed by atoms with Crippen LogP contribution in [0.1, 0.15) is 33.6 Å². The van der Waals surface area contributed by atoms with Crippen molar-refractivity contribution < 1.29 is 9.47 Å². The van der Waals surface area contributed by atoms with Crippen LogP contribution >= 0.6 is 0 Å². The van der Waals surface area contributed by atoms with E-state index < -0.39 is 0 Å². The zero-order valence-electron chi connectivity index (χ0n) is 11.5. The summed E-state index contributed by atoms with van der Waals surface area (Å²) >= 11 is 0. The van der Waals surface area contributed by atoms with E-state index in [-0.39, 0.29) is 17.6 Å². The lowest BCUT2D eigenvalue weighted by Gasteiger charge is -2.51. The molecule has 0 spiro atoms. The van der Waals surface area contributed by atoms with Crippen molar-refractivity contribution in [1.82, 2.24) is 0 Å². The van der Waals surface area contributed by atoms with E-state index in [1.165, 1.54) is 0 Å². The van der Waals surface area contributed by atoms with Crippen molar-refractivity contribution in [3.05, 3.63) is 24.3 Å². The molecule has 1 saturated carbocycles. The van der Waals surface area contributed by atoms with Gasteiger partial charge in [-0.15, -0.1) is 0 Å². The third kappa shape index (κ3) is 2.32. The van der Waals surface area contributed by atoms with Crippen molar-refractivity contribution in [1.29, 1.82) is 0 Å². The molecule has 3 heteroatoms. The van der Waals surface area contributed by atoms with Crippen LogP contribution < -0.4 is 15.2 Å². The van der Waals surface area contributed by atoms with Gasteiger partial charge in [-0.3, -0.25) is 0 Å². The molecule has 100 valence electrons. The lowest BCUT2D eigenvalue weighted by atomic mass is 9.62. The van der Waals surface area contributed by atoms with E-state index in [9.17, 15) is 0 Å². The molecule has 3 nitrogen and oxygen atoms in total. The van der Waals surface area contributed by atoms with E-state index in [1.54, 1.807) is 0 Å². The minimum Gasteiger partial charge on any atom is -0.494 e. The van der Waals surface area contributed by atoms with Crippen LogP contribution in [-0.4, -0.2) is 18.8 Å². The number of nitrogens with two attached hydrogens (primary N) is 1. The first kappa shape index (κ1) is 13.2. The van der Waals surface area contributed by atoms with Crippen LogP contribution in [-0.2, 0) is 0 Å². The standard InChI is InChI=1S/C15H23NO2/c1-4-15(3)13(16)10-14(15)18-12-8-6-7-11(9-12)17-5-2/h6-9,13-14H,4-5,10,16H2,1-3H3. The summed E-state index contributed by atoms with van der Waals surface area (Å²) in [5.41, 5.74) is 6.18. The highest BCUT2D eigenvalue weighted by Crippen LogP contribution is 2.45. The van der Waals surface area contributed by atoms with E-state index in [0.29, 0.717) is 6.61 Å². The van der Waals surface area contributed by atoms with Gasteiger partial charge >= 0.3 is 0 Å². The molecule has 0 saturated heterocycles. The smallest absolute Gasteiger partial charge is 0.123 e. The Morgan fingerprint density at radius 3 is 2.67 bits per heavy atom. The Kier molecular flexibility index (Phi) is 3.81. The van der Waals surface area contributed by atoms with E-state index in [1.807, 2.05) is 31.2 Å². The Bertz CT molecular complexity index is 407. The van der Waals surface area contributed by atoms with Gasteiger partial charge in [0.15, 0.2) is 0 Å². The molecule has 0 aromatic heterocycles. The molecule has 1 aromatic carbocycles. The molecule has 2 N–H and O–H groups in total. The van der Waals surface area contributed by atoms with E-state index in [4.69, 9.17) is 15.2 Å². The Morgan fingerprint density at radius 1 is 1.33 bits per heavy atom. The van der Waals surface area contributed by atoms with Crippen molar-refractivity contribution in [2.45, 2.75) is 45.8 Å². The summed E-state index contributed by atoms with van der Waals surface area (Å²) in [4.78, 5) is 0. The van der Waals surface area contributed by atoms with Crippen molar-refractivity contribution in [2.24, 2.45) is 11.1 Å². The lowest BCUT2D eigenvalue weighted by Crippen LogP contribution is -2.61. The topological polar surface area (TPSA) is 44.5 Å². The Morgan fingerprint density at radius 2 is 2.06 bits per heavy atom. The quantitative estimate of drug-likeness (QED) is 0.872. The first-order valence-electron chi connectivity index (χ1n) is 6.75. The molecule has 0 radical (unpaired) electrons. The summed E-state index contributed by atoms with van der Waals surface area (Å²) in [5, 5.41) is 0. The van der Waals surface area contributed by atoms with Gasteiger partial charge in [-0.25, -0.2) is 0 Å². The molecule has 0 aliphatic heterocycles. The van der Waals surface area contributed by atoms with Crippen molar-refractivity contribution in [3.63, 3.8) is 0 Å². The highest BCUT2D eigenvalue weighted by atomic mass is 16.5. The number of ether oxygens (including phenoxy) is 2. The third-order valence-corrected chi connectivity index (χ3v) is 4.21. The summed E-state index contributed by atoms with van der Waals surface area (Å²) in [5.74, 6) is 1.73. The van der Waals surface area contributed by atoms with Gasteiger partial charge in [0.1, 0.15) is 17.6 Å². The van der Waals surface area contributed by atoms with E-state index >= 15 is 0 Å². The Hall–Kier alpha value is -1.22. The fourth-order valence-corrected chi connectivity index (χ4v) is 2.49. The maximum atomic E-state index is 6.08. The highest BCUT2D eigenvalue weighted by Gasteiger charge is 2.50. The molecule has 1 fully saturated rings. The first-order valence-corrected chi connectivity index (χ1v) is 6.75. The van der Waals surface area contributed by atoms with Gasteiger partial charge in [-0.05, 0) is 25.5 Å². The van der Waals surface area contributed by atoms with Crippen LogP contribution in [0.5, 0.6) is 11.5 Å². The van der Waals surface area contributed by atoms with Gasteiger partial charge < -0.3 is 15.2 Å². The lowest BCUT2D eigenvalue weighted by molar-refractivity contribution is -0.0560. The molecule has 1 aliphatic carbocycles. The molecule has 1 aromatic rings. The number of benzene rings is 1. The maximum absolute atomic E-state index is 6.08. The van der Waals surface area contributed by atoms with Crippen LogP contribution in [0, 0.1) is 5.41 Å². The fraction of sp³-hybridized carbons (Fsp3) is 0.600. The second-order valence-corrected chi connectivity index (χ2v) is 5.22. The molecule has 0 heterocycles. The van der Waals surface area contributed by atoms with Gasteiger partial charge in [-0.1, -0.05) is 19.9 Å². The second kappa shape index (κ2) is 5.19. The average Bonchev–Trinajstić information content (AvgIpc) is 2.38. The number of hydrogen-bond donors (Lipinski definition) is 1. The fourth-order valence-electron chi connectivity index (χ4n) is 2.49. The minimum absolute atomic E-state index is 0.0988. The van der Waals surface area contributed by atoms with E-state index in [2.05, 4.69) is 13.8 Å². The van der Waals surface area contributed by atoms with Crippen LogP contribution in [0.4, 0.5) is 0 Å². The number of rotatable bonds is 5. The summed E-state index contributed by atoms with van der Waals surface area (Å²) in [6.07, 6.45) is 2.20. The van der Waals surface area contributed by atoms with Gasteiger partial charge in [0.2, 0.25) is 0 Å². The molecule has 3 unspecified atom stereocenters. The predicted molar refractivity (Wildman–Crippen MR) is 73.0 cm³/mol. The van der Waals surface area contributed by atoms with Crippen LogP contribution in [0.15, 0.2) is 24.3 Å². The van der Waals surface area contributed by atoms with Gasteiger partial charge in [0.05, 0.1) is 6.61 Å². The third-order valence-electron chi connectivity index (χ3n) is 4.21. The first-order chi connectivity index (χ1) is 8.60. The average molecular weight is 249 g/mol. The molecule has 0 amide bonds. The largest absolute Gasteiger partial charge is 0.494 e. The molecule has 2 rings (SSSR count). The highest BCUT2D eigenvalue weighted by molar-refractivity contribution is 5.33. The Labute approximate surface area is 109 Å². The molecule has 3 atom stereocenters. The van der Waals surface area contributed by atoms with Crippen molar-refractivity contribution in [3.8, 4) is 11.5 Å². The summed E-state index contributed by atoms with van der Waals surface area (Å²) in [6, 6.07) is 8.08. The predicted octanol–water partition coefficient (Wildman–Crippen LogP) is 2.98. The monoisotopic (exact) mass is 249 g/mol. The Balaban J connectivity index is 2.04. The number of hydrogen-bond acceptors (Lipinski definition) is 3. The van der Waals surface area contributed by atoms with Crippen LogP contribution in [0.2, 0.25) is 0 Å². The maximum Gasteiger partial charge on any atom is 0.123 e. The minimum atomic E-state index is 0.0988. The SMILES string of the molecule is CCOc1cccc(OC2CC(N)C2(C)CC)c1. The van der Waals surface area contributed by atoms with Gasteiger partial charge in [-0.2, -0.15) is 0 Å². The van der Waals surface area contributed by atoms with Crippen LogP contribution in [0.25, 0.3) is 0 Å². The molecule has 0 bridgehead atoms. The summed E-state index contributed by atoms with van der Waals surface area (Å²) < 4.78 is 11.5. The summed E-state index contributed by atoms with van der Waals surface area (Å²) in [7, 11) is 0. The van der Waals surface area contributed by atoms with Crippen molar-refractivity contribution in [2.75, 3.05) is 6.61 Å². The normalized spacial score (nSPS) is 30.7. The molecule has 18 heavy (non-hydrogen) atoms. The zero-order valence-corrected chi connectivity index (χ0v) is 11.5. The second-order valence-electron chi connectivity index (χ2n) is 5.22. The molecular weight excluding hydrogens is 226 g/mol. The van der Waals surface area contributed by atoms with Crippen LogP contribution in [0.3, 0.4) is 0 Å². The zero-order chi connectivity index (χ0) is 13.2. The van der Waals surface area contributed by atoms with Gasteiger partial charge in [0, 0.05) is 23.9 Å². The van der Waals surface area contributed by atoms with Crippen molar-refractivity contribution >= 4 is 0 Å². The summed E-state index contributed by atoms with van der Waals surface area (Å²) in [6.45, 7) is 7.03. The van der Waals surface area contributed by atoms with E-state index in [0.717, 1.165) is 24.3 Å².